The van der Waals surface area contributed by atoms with Crippen LogP contribution in [0.4, 0.5) is 0 Å². The molecule has 0 amide bonds. The molecule has 3 N–H and O–H groups in total. The topological polar surface area (TPSA) is 69.9 Å². The lowest BCUT2D eigenvalue weighted by atomic mass is 9.79. The molecular weight excluding hydrogens is 292 g/mol. The molecule has 1 aliphatic carbocycles. The molecule has 4 heteroatoms. The second-order valence-corrected chi connectivity index (χ2v) is 6.39. The van der Waals surface area contributed by atoms with Gasteiger partial charge in [0, 0.05) is 6.61 Å². The van der Waals surface area contributed by atoms with Crippen LogP contribution in [0.5, 0.6) is 11.5 Å². The first kappa shape index (κ1) is 17.8. The van der Waals surface area contributed by atoms with Gasteiger partial charge in [-0.15, -0.1) is 0 Å². The third-order valence-electron chi connectivity index (χ3n) is 4.76. The van der Waals surface area contributed by atoms with Crippen molar-refractivity contribution in [2.24, 2.45) is 11.8 Å². The average molecular weight is 320 g/mol. The molecule has 2 rings (SSSR count). The number of phenolic OH excluding ortho intramolecular Hbond substituents is 1. The molecule has 0 heterocycles. The van der Waals surface area contributed by atoms with Crippen LogP contribution in [0.15, 0.2) is 30.4 Å². The van der Waals surface area contributed by atoms with Crippen molar-refractivity contribution < 1.29 is 20.1 Å². The van der Waals surface area contributed by atoms with E-state index in [2.05, 4.69) is 6.08 Å². The van der Waals surface area contributed by atoms with Crippen molar-refractivity contribution in [3.8, 4) is 11.5 Å². The molecule has 128 valence electrons. The van der Waals surface area contributed by atoms with Gasteiger partial charge < -0.3 is 20.1 Å². The zero-order valence-corrected chi connectivity index (χ0v) is 13.8. The molecule has 1 saturated carbocycles. The number of hydrogen-bond acceptors (Lipinski definition) is 4. The van der Waals surface area contributed by atoms with Gasteiger partial charge in [-0.1, -0.05) is 31.1 Å². The van der Waals surface area contributed by atoms with Gasteiger partial charge in [0.05, 0.1) is 13.2 Å². The Kier molecular flexibility index (Phi) is 6.93. The van der Waals surface area contributed by atoms with Crippen LogP contribution in [0.2, 0.25) is 0 Å². The first-order valence-corrected chi connectivity index (χ1v) is 8.47. The van der Waals surface area contributed by atoms with Crippen molar-refractivity contribution in [1.82, 2.24) is 0 Å². The number of aromatic hydroxyl groups is 1. The van der Waals surface area contributed by atoms with Crippen LogP contribution in [-0.2, 0) is 6.42 Å². The zero-order chi connectivity index (χ0) is 16.7. The van der Waals surface area contributed by atoms with Crippen molar-refractivity contribution in [3.05, 3.63) is 35.9 Å². The summed E-state index contributed by atoms with van der Waals surface area (Å²) >= 11 is 0. The van der Waals surface area contributed by atoms with Crippen LogP contribution < -0.4 is 4.74 Å². The van der Waals surface area contributed by atoms with Gasteiger partial charge in [-0.2, -0.15) is 0 Å². The fraction of sp³-hybridized carbons (Fsp3) is 0.579. The van der Waals surface area contributed by atoms with Gasteiger partial charge in [0.15, 0.2) is 11.5 Å². The summed E-state index contributed by atoms with van der Waals surface area (Å²) in [5, 5.41) is 29.2. The first-order valence-electron chi connectivity index (χ1n) is 8.47. The lowest BCUT2D eigenvalue weighted by Crippen LogP contribution is -2.21. The summed E-state index contributed by atoms with van der Waals surface area (Å²) < 4.78 is 5.09. The van der Waals surface area contributed by atoms with E-state index in [0.29, 0.717) is 24.0 Å². The third kappa shape index (κ3) is 5.26. The number of rotatable bonds is 7. The van der Waals surface area contributed by atoms with E-state index in [1.807, 2.05) is 12.1 Å². The van der Waals surface area contributed by atoms with Crippen LogP contribution in [0.3, 0.4) is 0 Å². The van der Waals surface area contributed by atoms with Gasteiger partial charge in [-0.25, -0.2) is 0 Å². The molecule has 3 atom stereocenters. The summed E-state index contributed by atoms with van der Waals surface area (Å²) in [4.78, 5) is 0. The lowest BCUT2D eigenvalue weighted by Gasteiger charge is -2.27. The summed E-state index contributed by atoms with van der Waals surface area (Å²) in [6, 6.07) is 5.26. The third-order valence-corrected chi connectivity index (χ3v) is 4.76. The minimum atomic E-state index is -0.490. The van der Waals surface area contributed by atoms with E-state index in [-0.39, 0.29) is 12.4 Å². The predicted octanol–water partition coefficient (Wildman–Crippen LogP) is 3.05. The maximum absolute atomic E-state index is 10.2. The van der Waals surface area contributed by atoms with Crippen LogP contribution in [0.1, 0.15) is 37.7 Å². The van der Waals surface area contributed by atoms with Crippen molar-refractivity contribution >= 4 is 0 Å². The molecule has 23 heavy (non-hydrogen) atoms. The molecule has 0 radical (unpaired) electrons. The molecule has 1 aromatic rings. The molecule has 0 saturated heterocycles. The SMILES string of the molecule is COc1cc(CCC(O)/C=C/C2CCCCC2CO)ccc1O. The number of ether oxygens (including phenoxy) is 1. The van der Waals surface area contributed by atoms with Crippen molar-refractivity contribution in [3.63, 3.8) is 0 Å². The van der Waals surface area contributed by atoms with Crippen LogP contribution >= 0.6 is 0 Å². The van der Waals surface area contributed by atoms with Crippen LogP contribution in [-0.4, -0.2) is 35.1 Å². The summed E-state index contributed by atoms with van der Waals surface area (Å²) in [5.41, 5.74) is 1.03. The van der Waals surface area contributed by atoms with Crippen molar-refractivity contribution in [2.45, 2.75) is 44.6 Å². The van der Waals surface area contributed by atoms with Gasteiger partial charge >= 0.3 is 0 Å². The average Bonchev–Trinajstić information content (AvgIpc) is 2.59. The Morgan fingerprint density at radius 2 is 2.09 bits per heavy atom. The Hall–Kier alpha value is -1.52. The highest BCUT2D eigenvalue weighted by molar-refractivity contribution is 5.41. The Morgan fingerprint density at radius 1 is 1.30 bits per heavy atom. The number of aliphatic hydroxyl groups excluding tert-OH is 2. The fourth-order valence-electron chi connectivity index (χ4n) is 3.28. The normalized spacial score (nSPS) is 23.1. The highest BCUT2D eigenvalue weighted by Gasteiger charge is 2.22. The molecular formula is C19H28O4. The minimum absolute atomic E-state index is 0.129. The van der Waals surface area contributed by atoms with Crippen molar-refractivity contribution in [1.29, 1.82) is 0 Å². The maximum atomic E-state index is 10.2. The summed E-state index contributed by atoms with van der Waals surface area (Å²) in [6.07, 6.45) is 9.39. The minimum Gasteiger partial charge on any atom is -0.504 e. The first-order chi connectivity index (χ1) is 11.1. The van der Waals surface area contributed by atoms with E-state index in [4.69, 9.17) is 4.74 Å². The predicted molar refractivity (Wildman–Crippen MR) is 90.7 cm³/mol. The molecule has 0 aliphatic heterocycles. The van der Waals surface area contributed by atoms with E-state index in [1.54, 1.807) is 12.1 Å². The van der Waals surface area contributed by atoms with Gasteiger partial charge in [0.1, 0.15) is 0 Å². The fourth-order valence-corrected chi connectivity index (χ4v) is 3.28. The number of allylic oxidation sites excluding steroid dienone is 1. The summed E-state index contributed by atoms with van der Waals surface area (Å²) in [6.45, 7) is 0.235. The van der Waals surface area contributed by atoms with Gasteiger partial charge in [0.25, 0.3) is 0 Å². The monoisotopic (exact) mass is 320 g/mol. The quantitative estimate of drug-likeness (QED) is 0.675. The van der Waals surface area contributed by atoms with E-state index >= 15 is 0 Å². The van der Waals surface area contributed by atoms with Crippen molar-refractivity contribution in [2.75, 3.05) is 13.7 Å². The standard InChI is InChI=1S/C19H28O4/c1-23-19-12-14(7-11-18(19)22)6-9-17(21)10-8-15-4-2-3-5-16(15)13-20/h7-8,10-12,15-17,20-22H,2-6,9,13H2,1H3/b10-8+. The van der Waals surface area contributed by atoms with Crippen LogP contribution in [0.25, 0.3) is 0 Å². The molecule has 0 aromatic heterocycles. The Bertz CT molecular complexity index is 512. The number of methoxy groups -OCH3 is 1. The highest BCUT2D eigenvalue weighted by atomic mass is 16.5. The molecule has 1 fully saturated rings. The smallest absolute Gasteiger partial charge is 0.160 e. The molecule has 0 spiro atoms. The number of benzene rings is 1. The summed E-state index contributed by atoms with van der Waals surface area (Å²) in [5.74, 6) is 1.32. The highest BCUT2D eigenvalue weighted by Crippen LogP contribution is 2.31. The lowest BCUT2D eigenvalue weighted by molar-refractivity contribution is 0.155. The molecule has 1 aliphatic rings. The molecule has 4 nitrogen and oxygen atoms in total. The van der Waals surface area contributed by atoms with Gasteiger partial charge in [-0.3, -0.25) is 0 Å². The molecule has 1 aromatic carbocycles. The second-order valence-electron chi connectivity index (χ2n) is 6.39. The molecule has 0 bridgehead atoms. The van der Waals surface area contributed by atoms with E-state index in [9.17, 15) is 15.3 Å². The number of phenols is 1. The molecule has 3 unspecified atom stereocenters. The largest absolute Gasteiger partial charge is 0.504 e. The van der Waals surface area contributed by atoms with Gasteiger partial charge in [0.2, 0.25) is 0 Å². The van der Waals surface area contributed by atoms with E-state index < -0.39 is 6.10 Å². The van der Waals surface area contributed by atoms with E-state index in [0.717, 1.165) is 24.8 Å². The van der Waals surface area contributed by atoms with E-state index in [1.165, 1.54) is 20.0 Å². The summed E-state index contributed by atoms with van der Waals surface area (Å²) in [7, 11) is 1.53. The van der Waals surface area contributed by atoms with Gasteiger partial charge in [-0.05, 0) is 55.2 Å². The zero-order valence-electron chi connectivity index (χ0n) is 13.8. The number of aliphatic hydroxyl groups is 2. The Labute approximate surface area is 138 Å². The Balaban J connectivity index is 1.84. The Morgan fingerprint density at radius 3 is 2.83 bits per heavy atom. The maximum Gasteiger partial charge on any atom is 0.160 e. The number of aryl methyl sites for hydroxylation is 1. The number of hydrogen-bond donors (Lipinski definition) is 3. The second kappa shape index (κ2) is 8.94. The van der Waals surface area contributed by atoms with Crippen LogP contribution in [0, 0.1) is 11.8 Å².